The van der Waals surface area contributed by atoms with E-state index in [1.54, 1.807) is 37.3 Å². The number of benzene rings is 2. The molecule has 128 valence electrons. The summed E-state index contributed by atoms with van der Waals surface area (Å²) in [5.41, 5.74) is 0.976. The molecular weight excluding hydrogens is 325 g/mol. The van der Waals surface area contributed by atoms with Gasteiger partial charge in [-0.2, -0.15) is 0 Å². The Balaban J connectivity index is 2.12. The standard InChI is InChI=1S/C19H16FNO4/c1-2-25-19(24)15-16(12-8-10-13(20)11-9-12)21(18(23)17(15)22)14-6-4-3-5-7-14/h3-11,15-16H,2H2,1H3/t15-,16-/m1/s1. The van der Waals surface area contributed by atoms with Crippen LogP contribution in [0.3, 0.4) is 0 Å². The van der Waals surface area contributed by atoms with Crippen LogP contribution in [-0.4, -0.2) is 24.3 Å². The molecule has 0 N–H and O–H groups in total. The van der Waals surface area contributed by atoms with Crippen LogP contribution in [0.15, 0.2) is 54.6 Å². The van der Waals surface area contributed by atoms with Gasteiger partial charge in [-0.05, 0) is 36.8 Å². The Morgan fingerprint density at radius 1 is 1.08 bits per heavy atom. The van der Waals surface area contributed by atoms with E-state index in [9.17, 15) is 18.8 Å². The minimum atomic E-state index is -1.28. The van der Waals surface area contributed by atoms with Gasteiger partial charge in [-0.15, -0.1) is 0 Å². The number of ketones is 1. The largest absolute Gasteiger partial charge is 0.465 e. The van der Waals surface area contributed by atoms with Gasteiger partial charge in [0, 0.05) is 5.69 Å². The van der Waals surface area contributed by atoms with Crippen molar-refractivity contribution in [3.05, 3.63) is 66.0 Å². The fraction of sp³-hybridized carbons (Fsp3) is 0.211. The van der Waals surface area contributed by atoms with Gasteiger partial charge >= 0.3 is 5.97 Å². The zero-order valence-corrected chi connectivity index (χ0v) is 13.5. The molecular formula is C19H16FNO4. The maximum absolute atomic E-state index is 13.3. The number of rotatable bonds is 4. The van der Waals surface area contributed by atoms with Crippen molar-refractivity contribution in [2.24, 2.45) is 5.92 Å². The number of esters is 1. The summed E-state index contributed by atoms with van der Waals surface area (Å²) in [5.74, 6) is -4.08. The summed E-state index contributed by atoms with van der Waals surface area (Å²) < 4.78 is 18.3. The molecule has 0 spiro atoms. The first-order chi connectivity index (χ1) is 12.0. The zero-order chi connectivity index (χ0) is 18.0. The molecule has 1 aliphatic heterocycles. The number of carbonyl (C=O) groups excluding carboxylic acids is 3. The number of ether oxygens (including phenoxy) is 1. The molecule has 3 rings (SSSR count). The minimum absolute atomic E-state index is 0.0955. The van der Waals surface area contributed by atoms with E-state index >= 15 is 0 Å². The summed E-state index contributed by atoms with van der Waals surface area (Å²) in [7, 11) is 0. The first-order valence-corrected chi connectivity index (χ1v) is 7.89. The molecule has 6 heteroatoms. The van der Waals surface area contributed by atoms with E-state index < -0.39 is 35.4 Å². The summed E-state index contributed by atoms with van der Waals surface area (Å²) in [5, 5.41) is 0. The van der Waals surface area contributed by atoms with Crippen LogP contribution >= 0.6 is 0 Å². The molecule has 0 saturated carbocycles. The van der Waals surface area contributed by atoms with Crippen molar-refractivity contribution in [3.8, 4) is 0 Å². The van der Waals surface area contributed by atoms with Gasteiger partial charge in [0.1, 0.15) is 11.7 Å². The van der Waals surface area contributed by atoms with Crippen LogP contribution in [0.1, 0.15) is 18.5 Å². The Bertz CT molecular complexity index is 804. The lowest BCUT2D eigenvalue weighted by atomic mass is 9.92. The van der Waals surface area contributed by atoms with E-state index in [1.807, 2.05) is 0 Å². The Morgan fingerprint density at radius 3 is 2.32 bits per heavy atom. The Hall–Kier alpha value is -3.02. The minimum Gasteiger partial charge on any atom is -0.465 e. The second-order valence-electron chi connectivity index (χ2n) is 5.60. The third-order valence-corrected chi connectivity index (χ3v) is 4.09. The molecule has 1 amide bonds. The number of halogens is 1. The second-order valence-corrected chi connectivity index (χ2v) is 5.60. The van der Waals surface area contributed by atoms with Gasteiger partial charge in [0.05, 0.1) is 12.6 Å². The number of anilines is 1. The lowest BCUT2D eigenvalue weighted by molar-refractivity contribution is -0.152. The van der Waals surface area contributed by atoms with Crippen LogP contribution in [0.25, 0.3) is 0 Å². The number of carbonyl (C=O) groups is 3. The topological polar surface area (TPSA) is 63.7 Å². The summed E-state index contributed by atoms with van der Waals surface area (Å²) >= 11 is 0. The van der Waals surface area contributed by atoms with Crippen molar-refractivity contribution in [2.75, 3.05) is 11.5 Å². The van der Waals surface area contributed by atoms with Gasteiger partial charge in [-0.3, -0.25) is 19.3 Å². The first kappa shape index (κ1) is 16.8. The second kappa shape index (κ2) is 6.84. The summed E-state index contributed by atoms with van der Waals surface area (Å²) in [4.78, 5) is 38.7. The van der Waals surface area contributed by atoms with Crippen LogP contribution < -0.4 is 4.90 Å². The highest BCUT2D eigenvalue weighted by Gasteiger charge is 2.53. The van der Waals surface area contributed by atoms with Crippen molar-refractivity contribution in [2.45, 2.75) is 13.0 Å². The Morgan fingerprint density at radius 2 is 1.72 bits per heavy atom. The number of Topliss-reactive ketones (excluding diaryl/α,β-unsaturated/α-hetero) is 1. The fourth-order valence-corrected chi connectivity index (χ4v) is 3.01. The van der Waals surface area contributed by atoms with Gasteiger partial charge in [-0.25, -0.2) is 4.39 Å². The average molecular weight is 341 g/mol. The molecule has 2 aromatic carbocycles. The van der Waals surface area contributed by atoms with Crippen molar-refractivity contribution in [1.82, 2.24) is 0 Å². The molecule has 1 aliphatic rings. The molecule has 1 fully saturated rings. The van der Waals surface area contributed by atoms with Crippen LogP contribution in [0, 0.1) is 11.7 Å². The molecule has 0 radical (unpaired) electrons. The van der Waals surface area contributed by atoms with Crippen molar-refractivity contribution in [1.29, 1.82) is 0 Å². The number of hydrogen-bond donors (Lipinski definition) is 0. The third kappa shape index (κ3) is 3.03. The maximum atomic E-state index is 13.3. The molecule has 2 atom stereocenters. The quantitative estimate of drug-likeness (QED) is 0.487. The molecule has 0 aromatic heterocycles. The van der Waals surface area contributed by atoms with Crippen LogP contribution in [0.2, 0.25) is 0 Å². The smallest absolute Gasteiger partial charge is 0.319 e. The fourth-order valence-electron chi connectivity index (χ4n) is 3.01. The number of amides is 1. The third-order valence-electron chi connectivity index (χ3n) is 4.09. The molecule has 5 nitrogen and oxygen atoms in total. The molecule has 1 heterocycles. The molecule has 0 unspecified atom stereocenters. The van der Waals surface area contributed by atoms with E-state index in [0.717, 1.165) is 0 Å². The predicted molar refractivity (Wildman–Crippen MR) is 88.2 cm³/mol. The predicted octanol–water partition coefficient (Wildman–Crippen LogP) is 2.66. The molecule has 25 heavy (non-hydrogen) atoms. The van der Waals surface area contributed by atoms with Gasteiger partial charge < -0.3 is 4.74 Å². The van der Waals surface area contributed by atoms with E-state index in [1.165, 1.54) is 29.2 Å². The number of para-hydroxylation sites is 1. The first-order valence-electron chi connectivity index (χ1n) is 7.89. The Labute approximate surface area is 144 Å². The molecule has 1 saturated heterocycles. The Kier molecular flexibility index (Phi) is 4.61. The van der Waals surface area contributed by atoms with Gasteiger partial charge in [0.2, 0.25) is 5.78 Å². The number of hydrogen-bond acceptors (Lipinski definition) is 4. The SMILES string of the molecule is CCOC(=O)[C@H]1C(=O)C(=O)N(c2ccccc2)[C@@H]1c1ccc(F)cc1. The summed E-state index contributed by atoms with van der Waals surface area (Å²) in [6.45, 7) is 1.72. The zero-order valence-electron chi connectivity index (χ0n) is 13.5. The molecule has 0 bridgehead atoms. The van der Waals surface area contributed by atoms with Crippen molar-refractivity contribution < 1.29 is 23.5 Å². The monoisotopic (exact) mass is 341 g/mol. The van der Waals surface area contributed by atoms with E-state index in [2.05, 4.69) is 0 Å². The van der Waals surface area contributed by atoms with Crippen molar-refractivity contribution >= 4 is 23.3 Å². The lowest BCUT2D eigenvalue weighted by Crippen LogP contribution is -2.31. The van der Waals surface area contributed by atoms with Gasteiger partial charge in [-0.1, -0.05) is 30.3 Å². The number of nitrogens with zero attached hydrogens (tertiary/aromatic N) is 1. The summed E-state index contributed by atoms with van der Waals surface area (Å²) in [6.07, 6.45) is 0. The summed E-state index contributed by atoms with van der Waals surface area (Å²) in [6, 6.07) is 13.1. The van der Waals surface area contributed by atoms with Crippen LogP contribution in [0.5, 0.6) is 0 Å². The normalized spacial score (nSPS) is 20.0. The van der Waals surface area contributed by atoms with Gasteiger partial charge in [0.15, 0.2) is 0 Å². The highest BCUT2D eigenvalue weighted by atomic mass is 19.1. The van der Waals surface area contributed by atoms with Crippen LogP contribution in [-0.2, 0) is 19.1 Å². The van der Waals surface area contributed by atoms with E-state index in [0.29, 0.717) is 11.3 Å². The molecule has 0 aliphatic carbocycles. The average Bonchev–Trinajstić information content (AvgIpc) is 2.88. The maximum Gasteiger partial charge on any atom is 0.319 e. The lowest BCUT2D eigenvalue weighted by Gasteiger charge is -2.26. The van der Waals surface area contributed by atoms with E-state index in [-0.39, 0.29) is 6.61 Å². The highest BCUT2D eigenvalue weighted by Crippen LogP contribution is 2.40. The highest BCUT2D eigenvalue weighted by molar-refractivity contribution is 6.47. The van der Waals surface area contributed by atoms with Crippen molar-refractivity contribution in [3.63, 3.8) is 0 Å². The van der Waals surface area contributed by atoms with E-state index in [4.69, 9.17) is 4.74 Å². The molecule has 2 aromatic rings. The van der Waals surface area contributed by atoms with Crippen LogP contribution in [0.4, 0.5) is 10.1 Å². The van der Waals surface area contributed by atoms with Gasteiger partial charge in [0.25, 0.3) is 5.91 Å².